The third kappa shape index (κ3) is 7.15. The number of hydrogen-bond acceptors (Lipinski definition) is 5. The third-order valence-electron chi connectivity index (χ3n) is 1.23. The van der Waals surface area contributed by atoms with Crippen LogP contribution in [0.2, 0.25) is 0 Å². The van der Waals surface area contributed by atoms with Gasteiger partial charge in [-0.3, -0.25) is 0 Å². The predicted octanol–water partition coefficient (Wildman–Crippen LogP) is -0.0894. The van der Waals surface area contributed by atoms with Crippen LogP contribution < -0.4 is 9.79 Å². The molecule has 1 aromatic rings. The van der Waals surface area contributed by atoms with E-state index < -0.39 is 7.82 Å². The fourth-order valence-corrected chi connectivity index (χ4v) is 1.04. The first kappa shape index (κ1) is 13.7. The van der Waals surface area contributed by atoms with Gasteiger partial charge in [-0.15, -0.1) is 0 Å². The molecule has 0 unspecified atom stereocenters. The Morgan fingerprint density at radius 3 is 2.14 bits per heavy atom. The van der Waals surface area contributed by atoms with Crippen molar-refractivity contribution in [2.75, 3.05) is 0 Å². The molecular weight excluding hydrogens is 246 g/mol. The fourth-order valence-electron chi connectivity index (χ4n) is 0.728. The van der Waals surface area contributed by atoms with Crippen LogP contribution in [-0.4, -0.2) is 0 Å². The molecule has 0 saturated carbocycles. The normalized spacial score (nSPS) is 10.3. The molecule has 0 atom stereocenters. The van der Waals surface area contributed by atoms with E-state index in [9.17, 15) is 14.4 Å². The van der Waals surface area contributed by atoms with Gasteiger partial charge in [0, 0.05) is 0 Å². The van der Waals surface area contributed by atoms with E-state index in [1.807, 2.05) is 0 Å². The van der Waals surface area contributed by atoms with Gasteiger partial charge in [0.1, 0.15) is 0 Å². The Kier molecular flexibility index (Phi) is 6.92. The molecule has 1 rings (SSSR count). The van der Waals surface area contributed by atoms with Crippen LogP contribution >= 0.6 is 7.82 Å². The van der Waals surface area contributed by atoms with E-state index in [2.05, 4.69) is 4.52 Å². The number of rotatable bonds is 3. The Balaban J connectivity index is 0.000000791. The van der Waals surface area contributed by atoms with E-state index in [-0.39, 0.29) is 6.61 Å². The van der Waals surface area contributed by atoms with Gasteiger partial charge in [0.15, 0.2) is 0 Å². The fraction of sp³-hybridized carbons (Fsp3) is 0.143. The summed E-state index contributed by atoms with van der Waals surface area (Å²) in [5, 5.41) is 0. The molecule has 1 aromatic carbocycles. The van der Waals surface area contributed by atoms with Crippen LogP contribution in [0.4, 0.5) is 0 Å². The van der Waals surface area contributed by atoms with Crippen LogP contribution in [0.3, 0.4) is 0 Å². The summed E-state index contributed by atoms with van der Waals surface area (Å²) in [6.45, 7) is -0.189. The van der Waals surface area contributed by atoms with Gasteiger partial charge < -0.3 is 18.9 Å². The van der Waals surface area contributed by atoms with Crippen molar-refractivity contribution in [2.45, 2.75) is 6.61 Å². The van der Waals surface area contributed by atoms with Gasteiger partial charge in [0.05, 0.1) is 14.4 Å². The van der Waals surface area contributed by atoms with E-state index in [0.29, 0.717) is 5.56 Å². The molecule has 0 aliphatic heterocycles. The molecule has 0 radical (unpaired) electrons. The maximum absolute atomic E-state index is 10.1. The molecule has 75 valence electrons. The topological polar surface area (TPSA) is 89.5 Å². The minimum absolute atomic E-state index is 0.189. The average Bonchev–Trinajstić information content (AvgIpc) is 2.19. The van der Waals surface area contributed by atoms with Crippen LogP contribution in [0.1, 0.15) is 5.56 Å². The molecule has 0 saturated heterocycles. The van der Waals surface area contributed by atoms with E-state index in [0.717, 1.165) is 17.4 Å². The quantitative estimate of drug-likeness (QED) is 0.702. The van der Waals surface area contributed by atoms with E-state index in [4.69, 9.17) is 3.67 Å². The molecule has 0 aromatic heterocycles. The maximum atomic E-state index is 10.1. The van der Waals surface area contributed by atoms with Crippen molar-refractivity contribution >= 4 is 7.82 Å². The van der Waals surface area contributed by atoms with Crippen molar-refractivity contribution < 1.29 is 39.9 Å². The first-order valence-corrected chi connectivity index (χ1v) is 5.50. The second-order valence-electron chi connectivity index (χ2n) is 2.21. The minimum atomic E-state index is -4.83. The monoisotopic (exact) mass is 253 g/mol. The zero-order chi connectivity index (χ0) is 11.0. The molecule has 0 aliphatic rings. The van der Waals surface area contributed by atoms with Gasteiger partial charge in [0.2, 0.25) is 0 Å². The molecular formula is C7H7O5PV. The van der Waals surface area contributed by atoms with E-state index >= 15 is 0 Å². The molecule has 0 aliphatic carbocycles. The summed E-state index contributed by atoms with van der Waals surface area (Å²) in [5.74, 6) is 0. The molecule has 5 nitrogen and oxygen atoms in total. The van der Waals surface area contributed by atoms with Crippen LogP contribution in [0.25, 0.3) is 0 Å². The Morgan fingerprint density at radius 2 is 1.71 bits per heavy atom. The Morgan fingerprint density at radius 1 is 1.21 bits per heavy atom. The van der Waals surface area contributed by atoms with Crippen LogP contribution in [-0.2, 0) is 36.7 Å². The van der Waals surface area contributed by atoms with Crippen LogP contribution in [0.5, 0.6) is 0 Å². The third-order valence-corrected chi connectivity index (χ3v) is 1.68. The van der Waals surface area contributed by atoms with Gasteiger partial charge in [-0.1, -0.05) is 30.3 Å². The Bertz CT molecular complexity index is 298. The van der Waals surface area contributed by atoms with Crippen molar-refractivity contribution in [3.8, 4) is 0 Å². The summed E-state index contributed by atoms with van der Waals surface area (Å²) >= 11 is 1.06. The summed E-state index contributed by atoms with van der Waals surface area (Å²) in [7, 11) is -4.83. The molecule has 7 heteroatoms. The number of benzene rings is 1. The summed E-state index contributed by atoms with van der Waals surface area (Å²) in [4.78, 5) is 20.1. The van der Waals surface area contributed by atoms with Gasteiger partial charge in [-0.2, -0.15) is 0 Å². The SMILES string of the molecule is O=P([O-])([O-])OCc1ccccc1.[O]=[V+2]. The standard InChI is InChI=1S/C7H9O4P.O.V/c8-12(9,10)11-6-7-4-2-1-3-5-7;;/h1-5H,6H2,(H2,8,9,10);;/q;;+2/p-2. The molecule has 0 heterocycles. The second kappa shape index (κ2) is 7.07. The summed E-state index contributed by atoms with van der Waals surface area (Å²) in [6.07, 6.45) is 0. The zero-order valence-electron chi connectivity index (χ0n) is 7.03. The zero-order valence-corrected chi connectivity index (χ0v) is 9.32. The van der Waals surface area contributed by atoms with E-state index in [1.54, 1.807) is 30.3 Å². The molecule has 0 spiro atoms. The summed E-state index contributed by atoms with van der Waals surface area (Å²) < 4.78 is 22.3. The average molecular weight is 253 g/mol. The van der Waals surface area contributed by atoms with Crippen molar-refractivity contribution in [1.82, 2.24) is 0 Å². The molecule has 0 fully saturated rings. The van der Waals surface area contributed by atoms with Crippen LogP contribution in [0, 0.1) is 0 Å². The first-order valence-electron chi connectivity index (χ1n) is 3.47. The van der Waals surface area contributed by atoms with Gasteiger partial charge >= 0.3 is 21.0 Å². The number of phosphoric ester groups is 1. The van der Waals surface area contributed by atoms with Crippen molar-refractivity contribution in [2.24, 2.45) is 0 Å². The first-order chi connectivity index (χ1) is 6.58. The molecule has 0 N–H and O–H groups in total. The summed E-state index contributed by atoms with van der Waals surface area (Å²) in [5.41, 5.74) is 0.657. The van der Waals surface area contributed by atoms with E-state index in [1.165, 1.54) is 0 Å². The number of hydrogen-bond donors (Lipinski definition) is 0. The van der Waals surface area contributed by atoms with Crippen LogP contribution in [0.15, 0.2) is 30.3 Å². The molecule has 0 amide bonds. The van der Waals surface area contributed by atoms with Gasteiger partial charge in [-0.25, -0.2) is 0 Å². The van der Waals surface area contributed by atoms with Gasteiger partial charge in [-0.05, 0) is 5.56 Å². The van der Waals surface area contributed by atoms with Gasteiger partial charge in [0.25, 0.3) is 0 Å². The number of phosphoric acid groups is 1. The predicted molar refractivity (Wildman–Crippen MR) is 39.5 cm³/mol. The Hall–Kier alpha value is -0.286. The van der Waals surface area contributed by atoms with Crippen molar-refractivity contribution in [3.05, 3.63) is 35.9 Å². The Labute approximate surface area is 90.5 Å². The van der Waals surface area contributed by atoms with Crippen molar-refractivity contribution in [1.29, 1.82) is 0 Å². The second-order valence-corrected chi connectivity index (χ2v) is 3.36. The molecule has 0 bridgehead atoms. The summed E-state index contributed by atoms with van der Waals surface area (Å²) in [6, 6.07) is 8.61. The molecule has 14 heavy (non-hydrogen) atoms. The van der Waals surface area contributed by atoms with Crippen molar-refractivity contribution in [3.63, 3.8) is 0 Å².